The summed E-state index contributed by atoms with van der Waals surface area (Å²) < 4.78 is 0. The van der Waals surface area contributed by atoms with Gasteiger partial charge in [0.05, 0.1) is 15.5 Å². The number of non-ortho nitro benzene ring substituents is 2. The highest BCUT2D eigenvalue weighted by atomic mass is 16.7. The number of nitro groups is 2. The van der Waals surface area contributed by atoms with E-state index >= 15 is 0 Å². The molecule has 1 fully saturated rings. The zero-order chi connectivity index (χ0) is 20.9. The summed E-state index contributed by atoms with van der Waals surface area (Å²) in [5, 5.41) is 25.8. The molecule has 2 heterocycles. The van der Waals surface area contributed by atoms with E-state index < -0.39 is 33.7 Å². The first-order chi connectivity index (χ1) is 13.8. The van der Waals surface area contributed by atoms with Gasteiger partial charge in [-0.2, -0.15) is 0 Å². The van der Waals surface area contributed by atoms with Crippen molar-refractivity contribution >= 4 is 34.6 Å². The maximum atomic E-state index is 13.0. The van der Waals surface area contributed by atoms with Crippen LogP contribution in [0.2, 0.25) is 0 Å². The summed E-state index contributed by atoms with van der Waals surface area (Å²) in [6.07, 6.45) is -1.19. The van der Waals surface area contributed by atoms with E-state index in [4.69, 9.17) is 4.84 Å². The van der Waals surface area contributed by atoms with Crippen LogP contribution in [0.15, 0.2) is 47.6 Å². The first kappa shape index (κ1) is 18.2. The second-order valence-corrected chi connectivity index (χ2v) is 6.53. The summed E-state index contributed by atoms with van der Waals surface area (Å²) in [6.45, 7) is 1.55. The normalized spacial score (nSPS) is 20.3. The molecule has 0 unspecified atom stereocenters. The minimum Gasteiger partial charge on any atom is -0.381 e. The van der Waals surface area contributed by atoms with Gasteiger partial charge in [-0.3, -0.25) is 29.8 Å². The number of hydrogen-bond acceptors (Lipinski definition) is 8. The van der Waals surface area contributed by atoms with E-state index in [2.05, 4.69) is 5.16 Å². The number of carbonyl (C=O) groups excluding carboxylic acids is 2. The van der Waals surface area contributed by atoms with Crippen molar-refractivity contribution in [2.24, 2.45) is 11.1 Å². The smallest absolute Gasteiger partial charge is 0.278 e. The lowest BCUT2D eigenvalue weighted by Gasteiger charge is -2.17. The third-order valence-corrected chi connectivity index (χ3v) is 4.80. The molecular weight excluding hydrogens is 384 g/mol. The van der Waals surface area contributed by atoms with E-state index in [1.807, 2.05) is 0 Å². The molecule has 11 heteroatoms. The summed E-state index contributed by atoms with van der Waals surface area (Å²) in [5.74, 6) is -2.32. The Kier molecular flexibility index (Phi) is 4.07. The number of nitro benzene ring substituents is 2. The van der Waals surface area contributed by atoms with Gasteiger partial charge in [0.1, 0.15) is 11.6 Å². The summed E-state index contributed by atoms with van der Waals surface area (Å²) in [6, 6.07) is 9.33. The largest absolute Gasteiger partial charge is 0.381 e. The lowest BCUT2D eigenvalue weighted by Crippen LogP contribution is -2.33. The monoisotopic (exact) mass is 396 g/mol. The summed E-state index contributed by atoms with van der Waals surface area (Å²) in [5.41, 5.74) is 0.653. The molecule has 0 spiro atoms. The van der Waals surface area contributed by atoms with Gasteiger partial charge in [0.2, 0.25) is 12.0 Å². The molecule has 11 nitrogen and oxygen atoms in total. The highest BCUT2D eigenvalue weighted by Gasteiger charge is 2.56. The molecular formula is C18H12N4O7. The van der Waals surface area contributed by atoms with E-state index in [0.29, 0.717) is 11.1 Å². The average Bonchev–Trinajstić information content (AvgIpc) is 3.23. The molecule has 2 atom stereocenters. The predicted molar refractivity (Wildman–Crippen MR) is 98.3 cm³/mol. The first-order valence-electron chi connectivity index (χ1n) is 8.41. The van der Waals surface area contributed by atoms with Crippen molar-refractivity contribution in [2.75, 3.05) is 4.90 Å². The zero-order valence-corrected chi connectivity index (χ0v) is 14.8. The Hall–Kier alpha value is -4.15. The summed E-state index contributed by atoms with van der Waals surface area (Å²) >= 11 is 0. The number of amides is 2. The fourth-order valence-electron chi connectivity index (χ4n) is 3.44. The molecule has 1 saturated heterocycles. The zero-order valence-electron chi connectivity index (χ0n) is 14.8. The van der Waals surface area contributed by atoms with Crippen molar-refractivity contribution in [3.05, 3.63) is 73.8 Å². The van der Waals surface area contributed by atoms with Crippen molar-refractivity contribution in [3.63, 3.8) is 0 Å². The van der Waals surface area contributed by atoms with Gasteiger partial charge in [-0.05, 0) is 18.6 Å². The number of benzene rings is 2. The Balaban J connectivity index is 1.70. The Morgan fingerprint density at radius 3 is 2.34 bits per heavy atom. The van der Waals surface area contributed by atoms with Gasteiger partial charge in [0.15, 0.2) is 0 Å². The Bertz CT molecular complexity index is 1130. The number of fused-ring (bicyclic) bond motifs is 1. The number of carbonyl (C=O) groups is 2. The standard InChI is InChI=1S/C18H12N4O7/c1-9-7-12(22(27)28)5-6-13(9)20-17(23)14-15(19-29-16(14)18(20)24)10-3-2-4-11(8-10)21(25)26/h2-8,14,16H,1H3/t14-,16+/m1/s1. The number of oxime groups is 1. The van der Waals surface area contributed by atoms with Crippen LogP contribution < -0.4 is 4.90 Å². The van der Waals surface area contributed by atoms with E-state index in [-0.39, 0.29) is 22.8 Å². The molecule has 4 rings (SSSR count). The molecule has 0 aliphatic carbocycles. The molecule has 0 aromatic heterocycles. The molecule has 0 saturated carbocycles. The first-order valence-corrected chi connectivity index (χ1v) is 8.41. The molecule has 2 amide bonds. The minimum atomic E-state index is -1.19. The topological polar surface area (TPSA) is 145 Å². The third kappa shape index (κ3) is 2.79. The molecule has 146 valence electrons. The SMILES string of the molecule is Cc1cc([N+](=O)[O-])ccc1N1C(=O)[C@@H]2C(c3cccc([N+](=O)[O-])c3)=NO[C@@H]2C1=O. The molecule has 2 aromatic carbocycles. The Morgan fingerprint density at radius 2 is 1.69 bits per heavy atom. The van der Waals surface area contributed by atoms with Gasteiger partial charge in [0.25, 0.3) is 17.3 Å². The molecule has 2 aliphatic rings. The molecule has 29 heavy (non-hydrogen) atoms. The van der Waals surface area contributed by atoms with Crippen molar-refractivity contribution in [3.8, 4) is 0 Å². The van der Waals surface area contributed by atoms with Crippen molar-refractivity contribution < 1.29 is 24.3 Å². The predicted octanol–water partition coefficient (Wildman–Crippen LogP) is 2.10. The number of hydrogen-bond donors (Lipinski definition) is 0. The van der Waals surface area contributed by atoms with Crippen molar-refractivity contribution in [1.29, 1.82) is 0 Å². The molecule has 0 radical (unpaired) electrons. The van der Waals surface area contributed by atoms with E-state index in [9.17, 15) is 29.8 Å². The van der Waals surface area contributed by atoms with E-state index in [1.54, 1.807) is 6.92 Å². The highest BCUT2D eigenvalue weighted by Crippen LogP contribution is 2.37. The third-order valence-electron chi connectivity index (χ3n) is 4.80. The van der Waals surface area contributed by atoms with Gasteiger partial charge < -0.3 is 4.84 Å². The molecule has 0 bridgehead atoms. The number of anilines is 1. The quantitative estimate of drug-likeness (QED) is 0.437. The van der Waals surface area contributed by atoms with Crippen molar-refractivity contribution in [2.45, 2.75) is 13.0 Å². The van der Waals surface area contributed by atoms with Crippen LogP contribution in [0.5, 0.6) is 0 Å². The number of nitrogens with zero attached hydrogens (tertiary/aromatic N) is 4. The van der Waals surface area contributed by atoms with E-state index in [1.165, 1.54) is 42.5 Å². The molecule has 2 aromatic rings. The van der Waals surface area contributed by atoms with Crippen LogP contribution in [-0.4, -0.2) is 33.5 Å². The van der Waals surface area contributed by atoms with Gasteiger partial charge in [-0.1, -0.05) is 17.3 Å². The summed E-state index contributed by atoms with van der Waals surface area (Å²) in [4.78, 5) is 52.7. The summed E-state index contributed by atoms with van der Waals surface area (Å²) in [7, 11) is 0. The number of rotatable bonds is 4. The average molecular weight is 396 g/mol. The maximum absolute atomic E-state index is 13.0. The lowest BCUT2D eigenvalue weighted by atomic mass is 9.94. The van der Waals surface area contributed by atoms with Crippen LogP contribution in [0.3, 0.4) is 0 Å². The lowest BCUT2D eigenvalue weighted by molar-refractivity contribution is -0.385. The van der Waals surface area contributed by atoms with Crippen LogP contribution in [0.25, 0.3) is 0 Å². The van der Waals surface area contributed by atoms with Gasteiger partial charge >= 0.3 is 0 Å². The highest BCUT2D eigenvalue weighted by molar-refractivity contribution is 6.32. The number of imide groups is 1. The van der Waals surface area contributed by atoms with Crippen LogP contribution >= 0.6 is 0 Å². The minimum absolute atomic E-state index is 0.124. The van der Waals surface area contributed by atoms with Crippen molar-refractivity contribution in [1.82, 2.24) is 0 Å². The Morgan fingerprint density at radius 1 is 1.00 bits per heavy atom. The second-order valence-electron chi connectivity index (χ2n) is 6.53. The number of aryl methyl sites for hydroxylation is 1. The fourth-order valence-corrected chi connectivity index (χ4v) is 3.44. The van der Waals surface area contributed by atoms with Crippen LogP contribution in [-0.2, 0) is 14.4 Å². The van der Waals surface area contributed by atoms with E-state index in [0.717, 1.165) is 4.90 Å². The second kappa shape index (κ2) is 6.48. The van der Waals surface area contributed by atoms with Gasteiger partial charge in [-0.25, -0.2) is 4.90 Å². The van der Waals surface area contributed by atoms with Gasteiger partial charge in [0, 0.05) is 29.8 Å². The Labute approximate surface area is 162 Å². The fraction of sp³-hybridized carbons (Fsp3) is 0.167. The molecule has 2 aliphatic heterocycles. The molecule has 0 N–H and O–H groups in total. The van der Waals surface area contributed by atoms with Crippen LogP contribution in [0, 0.1) is 33.1 Å². The van der Waals surface area contributed by atoms with Crippen LogP contribution in [0.4, 0.5) is 17.1 Å². The van der Waals surface area contributed by atoms with Crippen LogP contribution in [0.1, 0.15) is 11.1 Å². The maximum Gasteiger partial charge on any atom is 0.278 e. The van der Waals surface area contributed by atoms with Gasteiger partial charge in [-0.15, -0.1) is 0 Å².